The van der Waals surface area contributed by atoms with Crippen molar-refractivity contribution in [3.63, 3.8) is 0 Å². The van der Waals surface area contributed by atoms with Crippen molar-refractivity contribution in [3.8, 4) is 18.4 Å². The molecular formula is C10H8BrN3. The summed E-state index contributed by atoms with van der Waals surface area (Å²) in [5, 5.41) is 11.8. The lowest BCUT2D eigenvalue weighted by atomic mass is 10.1. The third-order valence-electron chi connectivity index (χ3n) is 1.60. The number of rotatable bonds is 3. The number of terminal acetylenes is 1. The minimum atomic E-state index is -0.406. The van der Waals surface area contributed by atoms with Gasteiger partial charge in [0.25, 0.3) is 0 Å². The van der Waals surface area contributed by atoms with Crippen molar-refractivity contribution < 1.29 is 0 Å². The maximum absolute atomic E-state index is 8.87. The van der Waals surface area contributed by atoms with E-state index in [1.165, 1.54) is 0 Å². The van der Waals surface area contributed by atoms with Crippen LogP contribution in [0.5, 0.6) is 0 Å². The monoisotopic (exact) mass is 249 g/mol. The van der Waals surface area contributed by atoms with Crippen molar-refractivity contribution in [2.45, 2.75) is 6.04 Å². The predicted octanol–water partition coefficient (Wildman–Crippen LogP) is 1.63. The number of halogens is 1. The molecule has 1 unspecified atom stereocenters. The zero-order chi connectivity index (χ0) is 10.4. The quantitative estimate of drug-likeness (QED) is 0.829. The number of aromatic nitrogens is 1. The Morgan fingerprint density at radius 1 is 1.64 bits per heavy atom. The standard InChI is InChI=1S/C10H8BrN3/c1-2-3-14-10(5-12)8-4-9(11)7-13-6-8/h1,4,6-7,10,14H,3H2. The fourth-order valence-corrected chi connectivity index (χ4v) is 1.37. The highest BCUT2D eigenvalue weighted by Gasteiger charge is 2.09. The first-order valence-electron chi connectivity index (χ1n) is 3.95. The zero-order valence-electron chi connectivity index (χ0n) is 7.37. The molecule has 1 atom stereocenters. The van der Waals surface area contributed by atoms with Crippen LogP contribution < -0.4 is 5.32 Å². The molecule has 14 heavy (non-hydrogen) atoms. The van der Waals surface area contributed by atoms with Crippen LogP contribution in [0.1, 0.15) is 11.6 Å². The molecule has 1 aromatic heterocycles. The van der Waals surface area contributed by atoms with Crippen LogP contribution in [0.2, 0.25) is 0 Å². The molecule has 0 bridgehead atoms. The van der Waals surface area contributed by atoms with Gasteiger partial charge in [-0.2, -0.15) is 5.26 Å². The van der Waals surface area contributed by atoms with Gasteiger partial charge in [-0.25, -0.2) is 0 Å². The molecule has 4 heteroatoms. The molecule has 0 radical (unpaired) electrons. The van der Waals surface area contributed by atoms with E-state index in [-0.39, 0.29) is 0 Å². The summed E-state index contributed by atoms with van der Waals surface area (Å²) in [5.74, 6) is 2.42. The topological polar surface area (TPSA) is 48.7 Å². The van der Waals surface area contributed by atoms with E-state index >= 15 is 0 Å². The summed E-state index contributed by atoms with van der Waals surface area (Å²) < 4.78 is 0.845. The Hall–Kier alpha value is -1.36. The van der Waals surface area contributed by atoms with E-state index < -0.39 is 6.04 Å². The Morgan fingerprint density at radius 2 is 2.43 bits per heavy atom. The van der Waals surface area contributed by atoms with Crippen LogP contribution in [0.25, 0.3) is 0 Å². The average molecular weight is 250 g/mol. The van der Waals surface area contributed by atoms with E-state index in [0.29, 0.717) is 6.54 Å². The highest BCUT2D eigenvalue weighted by Crippen LogP contribution is 2.15. The summed E-state index contributed by atoms with van der Waals surface area (Å²) in [6.07, 6.45) is 8.40. The highest BCUT2D eigenvalue weighted by atomic mass is 79.9. The van der Waals surface area contributed by atoms with Gasteiger partial charge in [-0.3, -0.25) is 10.3 Å². The zero-order valence-corrected chi connectivity index (χ0v) is 8.95. The molecular weight excluding hydrogens is 242 g/mol. The number of hydrogen-bond acceptors (Lipinski definition) is 3. The minimum absolute atomic E-state index is 0.366. The number of nitrogens with one attached hydrogen (secondary N) is 1. The largest absolute Gasteiger partial charge is 0.287 e. The Kier molecular flexibility index (Phi) is 4.12. The van der Waals surface area contributed by atoms with Gasteiger partial charge < -0.3 is 0 Å². The van der Waals surface area contributed by atoms with Crippen LogP contribution in [-0.4, -0.2) is 11.5 Å². The van der Waals surface area contributed by atoms with Gasteiger partial charge in [-0.1, -0.05) is 5.92 Å². The van der Waals surface area contributed by atoms with E-state index in [1.54, 1.807) is 12.4 Å². The summed E-state index contributed by atoms with van der Waals surface area (Å²) in [4.78, 5) is 3.97. The molecule has 1 rings (SSSR count). The van der Waals surface area contributed by atoms with Crippen molar-refractivity contribution >= 4 is 15.9 Å². The summed E-state index contributed by atoms with van der Waals surface area (Å²) in [5.41, 5.74) is 0.803. The van der Waals surface area contributed by atoms with Gasteiger partial charge in [0.2, 0.25) is 0 Å². The lowest BCUT2D eigenvalue weighted by Crippen LogP contribution is -2.20. The van der Waals surface area contributed by atoms with Gasteiger partial charge in [0.05, 0.1) is 12.6 Å². The number of nitriles is 1. The lowest BCUT2D eigenvalue weighted by molar-refractivity contribution is 0.687. The second kappa shape index (κ2) is 5.39. The molecule has 1 heterocycles. The molecule has 0 aliphatic carbocycles. The van der Waals surface area contributed by atoms with Gasteiger partial charge >= 0.3 is 0 Å². The van der Waals surface area contributed by atoms with Crippen LogP contribution in [-0.2, 0) is 0 Å². The maximum Gasteiger partial charge on any atom is 0.123 e. The Morgan fingerprint density at radius 3 is 3.00 bits per heavy atom. The van der Waals surface area contributed by atoms with Crippen LogP contribution in [0.15, 0.2) is 22.9 Å². The molecule has 1 N–H and O–H groups in total. The molecule has 0 aliphatic rings. The van der Waals surface area contributed by atoms with Gasteiger partial charge in [0.1, 0.15) is 6.04 Å². The first kappa shape index (κ1) is 10.7. The predicted molar refractivity (Wildman–Crippen MR) is 57.1 cm³/mol. The molecule has 0 aromatic carbocycles. The molecule has 0 saturated heterocycles. The molecule has 70 valence electrons. The Bertz CT molecular complexity index is 389. The fourth-order valence-electron chi connectivity index (χ4n) is 0.985. The van der Waals surface area contributed by atoms with Crippen LogP contribution >= 0.6 is 15.9 Å². The minimum Gasteiger partial charge on any atom is -0.287 e. The van der Waals surface area contributed by atoms with E-state index in [2.05, 4.69) is 38.2 Å². The molecule has 0 saturated carbocycles. The summed E-state index contributed by atoms with van der Waals surface area (Å²) in [6.45, 7) is 0.366. The number of hydrogen-bond donors (Lipinski definition) is 1. The van der Waals surface area contributed by atoms with Crippen molar-refractivity contribution in [2.75, 3.05) is 6.54 Å². The summed E-state index contributed by atoms with van der Waals surface area (Å²) in [6, 6.07) is 3.54. The number of pyridine rings is 1. The maximum atomic E-state index is 8.87. The fraction of sp³-hybridized carbons (Fsp3) is 0.200. The van der Waals surface area contributed by atoms with Gasteiger partial charge in [-0.15, -0.1) is 6.42 Å². The van der Waals surface area contributed by atoms with Gasteiger partial charge in [-0.05, 0) is 22.0 Å². The first-order valence-corrected chi connectivity index (χ1v) is 4.74. The normalized spacial score (nSPS) is 11.4. The second-order valence-corrected chi connectivity index (χ2v) is 3.50. The molecule has 0 fully saturated rings. The third-order valence-corrected chi connectivity index (χ3v) is 2.03. The van der Waals surface area contributed by atoms with Crippen molar-refractivity contribution in [1.29, 1.82) is 5.26 Å². The summed E-state index contributed by atoms with van der Waals surface area (Å²) >= 11 is 3.29. The molecule has 0 amide bonds. The molecule has 0 spiro atoms. The third kappa shape index (κ3) is 2.85. The molecule has 3 nitrogen and oxygen atoms in total. The van der Waals surface area contributed by atoms with E-state index in [9.17, 15) is 0 Å². The van der Waals surface area contributed by atoms with Gasteiger partial charge in [0.15, 0.2) is 0 Å². The average Bonchev–Trinajstić information content (AvgIpc) is 2.19. The SMILES string of the molecule is C#CCNC(C#N)c1cncc(Br)c1. The summed E-state index contributed by atoms with van der Waals surface area (Å²) in [7, 11) is 0. The second-order valence-electron chi connectivity index (χ2n) is 2.58. The van der Waals surface area contributed by atoms with Crippen LogP contribution in [0.4, 0.5) is 0 Å². The molecule has 0 aliphatic heterocycles. The van der Waals surface area contributed by atoms with E-state index in [1.807, 2.05) is 6.07 Å². The van der Waals surface area contributed by atoms with Crippen LogP contribution in [0, 0.1) is 23.7 Å². The van der Waals surface area contributed by atoms with Crippen molar-refractivity contribution in [3.05, 3.63) is 28.5 Å². The van der Waals surface area contributed by atoms with E-state index in [0.717, 1.165) is 10.0 Å². The van der Waals surface area contributed by atoms with Gasteiger partial charge in [0, 0.05) is 22.4 Å². The lowest BCUT2D eigenvalue weighted by Gasteiger charge is -2.08. The molecule has 1 aromatic rings. The Labute approximate surface area is 91.3 Å². The Balaban J connectivity index is 2.81. The van der Waals surface area contributed by atoms with E-state index in [4.69, 9.17) is 11.7 Å². The highest BCUT2D eigenvalue weighted by molar-refractivity contribution is 9.10. The van der Waals surface area contributed by atoms with Crippen LogP contribution in [0.3, 0.4) is 0 Å². The smallest absolute Gasteiger partial charge is 0.123 e. The number of nitrogens with zero attached hydrogens (tertiary/aromatic N) is 2. The van der Waals surface area contributed by atoms with Crippen molar-refractivity contribution in [1.82, 2.24) is 10.3 Å². The van der Waals surface area contributed by atoms with Crippen molar-refractivity contribution in [2.24, 2.45) is 0 Å². The first-order chi connectivity index (χ1) is 6.77.